The van der Waals surface area contributed by atoms with E-state index >= 15 is 0 Å². The molecule has 1 rings (SSSR count). The summed E-state index contributed by atoms with van der Waals surface area (Å²) in [5.74, 6) is 0. The van der Waals surface area contributed by atoms with Crippen LogP contribution in [0.2, 0.25) is 5.02 Å². The molecule has 0 aliphatic rings. The van der Waals surface area contributed by atoms with E-state index in [0.717, 1.165) is 17.6 Å². The van der Waals surface area contributed by atoms with E-state index < -0.39 is 20.0 Å². The van der Waals surface area contributed by atoms with Gasteiger partial charge in [-0.15, -0.1) is 11.3 Å². The summed E-state index contributed by atoms with van der Waals surface area (Å²) in [5, 5.41) is 0.337. The molecule has 0 saturated heterocycles. The molecule has 19 heavy (non-hydrogen) atoms. The van der Waals surface area contributed by atoms with E-state index in [1.165, 1.54) is 6.07 Å². The van der Waals surface area contributed by atoms with Crippen LogP contribution < -0.4 is 9.44 Å². The van der Waals surface area contributed by atoms with Crippen LogP contribution in [0.25, 0.3) is 0 Å². The Hall–Kier alpha value is 0.290. The van der Waals surface area contributed by atoms with Crippen LogP contribution in [0.5, 0.6) is 0 Å². The van der Waals surface area contributed by atoms with Gasteiger partial charge in [0, 0.05) is 13.1 Å². The van der Waals surface area contributed by atoms with Gasteiger partial charge in [-0.2, -0.15) is 0 Å². The molecule has 0 spiro atoms. The highest BCUT2D eigenvalue weighted by molar-refractivity contribution is 9.11. The maximum atomic E-state index is 11.8. The van der Waals surface area contributed by atoms with Gasteiger partial charge in [0.15, 0.2) is 0 Å². The molecule has 2 N–H and O–H groups in total. The lowest BCUT2D eigenvalue weighted by Crippen LogP contribution is -2.29. The van der Waals surface area contributed by atoms with Gasteiger partial charge in [-0.1, -0.05) is 11.6 Å². The topological polar surface area (TPSA) is 92.3 Å². The van der Waals surface area contributed by atoms with Gasteiger partial charge in [-0.3, -0.25) is 0 Å². The maximum Gasteiger partial charge on any atom is 0.250 e. The van der Waals surface area contributed by atoms with E-state index in [-0.39, 0.29) is 17.3 Å². The molecule has 0 aliphatic heterocycles. The van der Waals surface area contributed by atoms with Crippen molar-refractivity contribution in [3.63, 3.8) is 0 Å². The van der Waals surface area contributed by atoms with E-state index in [2.05, 4.69) is 25.4 Å². The van der Waals surface area contributed by atoms with Gasteiger partial charge in [0.1, 0.15) is 4.21 Å². The van der Waals surface area contributed by atoms with Crippen molar-refractivity contribution < 1.29 is 16.8 Å². The minimum absolute atomic E-state index is 0.112. The van der Waals surface area contributed by atoms with Crippen molar-refractivity contribution in [2.45, 2.75) is 10.6 Å². The van der Waals surface area contributed by atoms with Crippen molar-refractivity contribution in [3.05, 3.63) is 14.9 Å². The van der Waals surface area contributed by atoms with Crippen LogP contribution in [0.1, 0.15) is 6.42 Å². The van der Waals surface area contributed by atoms with Crippen molar-refractivity contribution in [1.82, 2.24) is 9.44 Å². The zero-order valence-corrected chi connectivity index (χ0v) is 14.6. The maximum absolute atomic E-state index is 11.8. The Bertz CT molecular complexity index is 621. The summed E-state index contributed by atoms with van der Waals surface area (Å²) in [5.41, 5.74) is 0. The van der Waals surface area contributed by atoms with Gasteiger partial charge in [-0.05, 0) is 28.4 Å². The second kappa shape index (κ2) is 6.83. The number of thiophene rings is 1. The molecule has 1 heterocycles. The molecule has 1 aromatic heterocycles. The predicted octanol–water partition coefficient (Wildman–Crippen LogP) is 1.38. The summed E-state index contributed by atoms with van der Waals surface area (Å²) >= 11 is 9.92. The normalized spacial score (nSPS) is 12.8. The molecule has 0 saturated carbocycles. The Labute approximate surface area is 129 Å². The molecule has 0 atom stereocenters. The SMILES string of the molecule is CS(=O)(=O)NCCCNS(=O)(=O)c1cc(Cl)c(Br)s1. The molecule has 0 aliphatic carbocycles. The Morgan fingerprint density at radius 1 is 1.26 bits per heavy atom. The number of nitrogens with one attached hydrogen (secondary N) is 2. The number of sulfonamides is 2. The molecule has 0 fully saturated rings. The third kappa shape index (κ3) is 6.06. The summed E-state index contributed by atoms with van der Waals surface area (Å²) in [6.07, 6.45) is 1.40. The monoisotopic (exact) mass is 410 g/mol. The zero-order chi connectivity index (χ0) is 14.7. The van der Waals surface area contributed by atoms with Crippen molar-refractivity contribution in [3.8, 4) is 0 Å². The Balaban J connectivity index is 2.48. The summed E-state index contributed by atoms with van der Waals surface area (Å²) in [6, 6.07) is 1.35. The fourth-order valence-electron chi connectivity index (χ4n) is 1.08. The lowest BCUT2D eigenvalue weighted by atomic mass is 10.4. The van der Waals surface area contributed by atoms with Crippen LogP contribution in [0.4, 0.5) is 0 Å². The highest BCUT2D eigenvalue weighted by Gasteiger charge is 2.18. The predicted molar refractivity (Wildman–Crippen MR) is 79.7 cm³/mol. The third-order valence-corrected chi connectivity index (χ3v) is 7.04. The van der Waals surface area contributed by atoms with E-state index in [0.29, 0.717) is 15.2 Å². The first-order valence-electron chi connectivity index (χ1n) is 5.01. The second-order valence-corrected chi connectivity index (χ2v) is 10.2. The molecule has 6 nitrogen and oxygen atoms in total. The second-order valence-electron chi connectivity index (χ2n) is 3.60. The van der Waals surface area contributed by atoms with Gasteiger partial charge in [0.25, 0.3) is 0 Å². The molecule has 0 radical (unpaired) electrons. The van der Waals surface area contributed by atoms with E-state index in [9.17, 15) is 16.8 Å². The van der Waals surface area contributed by atoms with Gasteiger partial charge in [0.2, 0.25) is 20.0 Å². The first kappa shape index (κ1) is 17.3. The molecular formula is C8H12BrClN2O4S3. The molecule has 11 heteroatoms. The fraction of sp³-hybridized carbons (Fsp3) is 0.500. The van der Waals surface area contributed by atoms with Crippen molar-refractivity contribution in [2.75, 3.05) is 19.3 Å². The van der Waals surface area contributed by atoms with Gasteiger partial charge < -0.3 is 0 Å². The van der Waals surface area contributed by atoms with Crippen LogP contribution in [-0.4, -0.2) is 36.2 Å². The summed E-state index contributed by atoms with van der Waals surface area (Å²) in [4.78, 5) is 0. The Morgan fingerprint density at radius 2 is 1.84 bits per heavy atom. The molecule has 0 amide bonds. The van der Waals surface area contributed by atoms with Crippen molar-refractivity contribution in [2.24, 2.45) is 0 Å². The summed E-state index contributed by atoms with van der Waals surface area (Å²) in [6.45, 7) is 0.314. The molecule has 0 bridgehead atoms. The lowest BCUT2D eigenvalue weighted by Gasteiger charge is -2.05. The van der Waals surface area contributed by atoms with E-state index in [4.69, 9.17) is 11.6 Å². The lowest BCUT2D eigenvalue weighted by molar-refractivity contribution is 0.576. The highest BCUT2D eigenvalue weighted by atomic mass is 79.9. The average Bonchev–Trinajstić information content (AvgIpc) is 2.58. The van der Waals surface area contributed by atoms with Crippen LogP contribution >= 0.6 is 38.9 Å². The standard InChI is InChI=1S/C8H12BrClN2O4S3/c1-18(13,14)11-3-2-4-12-19(15,16)7-5-6(10)8(9)17-7/h5,11-12H,2-4H2,1H3. The van der Waals surface area contributed by atoms with Gasteiger partial charge in [0.05, 0.1) is 15.1 Å². The van der Waals surface area contributed by atoms with Crippen molar-refractivity contribution in [1.29, 1.82) is 0 Å². The minimum Gasteiger partial charge on any atom is -0.215 e. The molecular weight excluding hydrogens is 400 g/mol. The minimum atomic E-state index is -3.60. The fourth-order valence-corrected chi connectivity index (χ4v) is 5.11. The van der Waals surface area contributed by atoms with E-state index in [1.54, 1.807) is 0 Å². The number of halogens is 2. The molecule has 0 unspecified atom stereocenters. The Kier molecular flexibility index (Phi) is 6.24. The summed E-state index contributed by atoms with van der Waals surface area (Å²) in [7, 11) is -6.84. The first-order chi connectivity index (χ1) is 8.62. The Morgan fingerprint density at radius 3 is 2.32 bits per heavy atom. The number of hydrogen-bond acceptors (Lipinski definition) is 5. The molecule has 1 aromatic rings. The average molecular weight is 412 g/mol. The van der Waals surface area contributed by atoms with Gasteiger partial charge >= 0.3 is 0 Å². The summed E-state index contributed by atoms with van der Waals surface area (Å²) < 4.78 is 50.6. The van der Waals surface area contributed by atoms with Crippen molar-refractivity contribution >= 4 is 58.9 Å². The quantitative estimate of drug-likeness (QED) is 0.663. The van der Waals surface area contributed by atoms with Crippen LogP contribution in [0.3, 0.4) is 0 Å². The molecule has 110 valence electrons. The zero-order valence-electron chi connectivity index (χ0n) is 9.81. The largest absolute Gasteiger partial charge is 0.250 e. The van der Waals surface area contributed by atoms with E-state index in [1.807, 2.05) is 0 Å². The first-order valence-corrected chi connectivity index (χ1v) is 10.4. The number of rotatable bonds is 7. The third-order valence-electron chi connectivity index (χ3n) is 1.90. The van der Waals surface area contributed by atoms with Gasteiger partial charge in [-0.25, -0.2) is 26.3 Å². The molecule has 0 aromatic carbocycles. The van der Waals surface area contributed by atoms with Crippen LogP contribution in [-0.2, 0) is 20.0 Å². The highest BCUT2D eigenvalue weighted by Crippen LogP contribution is 2.34. The van der Waals surface area contributed by atoms with Crippen LogP contribution in [0.15, 0.2) is 14.1 Å². The number of hydrogen-bond donors (Lipinski definition) is 2. The van der Waals surface area contributed by atoms with Crippen LogP contribution in [0, 0.1) is 0 Å². The smallest absolute Gasteiger partial charge is 0.215 e.